The van der Waals surface area contributed by atoms with Gasteiger partial charge in [-0.15, -0.1) is 0 Å². The quantitative estimate of drug-likeness (QED) is 0.592. The van der Waals surface area contributed by atoms with Crippen LogP contribution in [0.25, 0.3) is 22.8 Å². The van der Waals surface area contributed by atoms with E-state index in [1.165, 1.54) is 33.4 Å². The average Bonchev–Trinajstić information content (AvgIpc) is 3.26. The Kier molecular flexibility index (Phi) is 3.96. The van der Waals surface area contributed by atoms with Gasteiger partial charge < -0.3 is 9.15 Å². The molecule has 1 aliphatic rings. The van der Waals surface area contributed by atoms with E-state index in [4.69, 9.17) is 9.15 Å². The van der Waals surface area contributed by atoms with Gasteiger partial charge in [-0.05, 0) is 77.1 Å². The molecule has 4 rings (SSSR count). The minimum Gasteiger partial charge on any atom is -0.497 e. The maximum Gasteiger partial charge on any atom is 0.130 e. The minimum atomic E-state index is 0.886. The smallest absolute Gasteiger partial charge is 0.130 e. The van der Waals surface area contributed by atoms with Gasteiger partial charge in [-0.2, -0.15) is 0 Å². The van der Waals surface area contributed by atoms with Gasteiger partial charge in [0.2, 0.25) is 0 Å². The summed E-state index contributed by atoms with van der Waals surface area (Å²) < 4.78 is 11.2. The Labute approximate surface area is 148 Å². The van der Waals surface area contributed by atoms with Crippen LogP contribution in [0.3, 0.4) is 0 Å². The molecule has 25 heavy (non-hydrogen) atoms. The number of furan rings is 1. The zero-order chi connectivity index (χ0) is 17.4. The lowest BCUT2D eigenvalue weighted by Crippen LogP contribution is -1.94. The molecule has 0 fully saturated rings. The van der Waals surface area contributed by atoms with Crippen LogP contribution in [-0.2, 0) is 12.8 Å². The number of benzene rings is 2. The summed E-state index contributed by atoms with van der Waals surface area (Å²) >= 11 is 0. The number of methoxy groups -OCH3 is 1. The van der Waals surface area contributed by atoms with Gasteiger partial charge in [-0.1, -0.05) is 31.2 Å². The summed E-state index contributed by atoms with van der Waals surface area (Å²) in [5.41, 5.74) is 7.90. The lowest BCUT2D eigenvalue weighted by Gasteiger charge is -2.14. The summed E-state index contributed by atoms with van der Waals surface area (Å²) in [7, 11) is 1.70. The van der Waals surface area contributed by atoms with E-state index < -0.39 is 0 Å². The first-order valence-corrected chi connectivity index (χ1v) is 8.76. The van der Waals surface area contributed by atoms with Crippen molar-refractivity contribution in [1.82, 2.24) is 0 Å². The van der Waals surface area contributed by atoms with Gasteiger partial charge >= 0.3 is 0 Å². The van der Waals surface area contributed by atoms with Gasteiger partial charge in [0.15, 0.2) is 0 Å². The van der Waals surface area contributed by atoms with Crippen LogP contribution in [0.2, 0.25) is 0 Å². The molecule has 1 aromatic heterocycles. The van der Waals surface area contributed by atoms with Crippen LogP contribution in [0.1, 0.15) is 35.1 Å². The first-order chi connectivity index (χ1) is 12.2. The Morgan fingerprint density at radius 2 is 1.80 bits per heavy atom. The van der Waals surface area contributed by atoms with Crippen molar-refractivity contribution in [3.8, 4) is 16.9 Å². The van der Waals surface area contributed by atoms with Gasteiger partial charge in [0.1, 0.15) is 17.3 Å². The summed E-state index contributed by atoms with van der Waals surface area (Å²) in [5, 5.41) is 0. The minimum absolute atomic E-state index is 0.886. The largest absolute Gasteiger partial charge is 0.497 e. The van der Waals surface area contributed by atoms with Crippen molar-refractivity contribution in [2.45, 2.75) is 26.7 Å². The van der Waals surface area contributed by atoms with Crippen molar-refractivity contribution in [3.05, 3.63) is 76.7 Å². The molecule has 0 saturated heterocycles. The van der Waals surface area contributed by atoms with Crippen LogP contribution < -0.4 is 4.74 Å². The van der Waals surface area contributed by atoms with E-state index >= 15 is 0 Å². The summed E-state index contributed by atoms with van der Waals surface area (Å²) in [6.45, 7) is 4.20. The van der Waals surface area contributed by atoms with Gasteiger partial charge in [-0.3, -0.25) is 0 Å². The molecule has 2 heteroatoms. The summed E-state index contributed by atoms with van der Waals surface area (Å²) in [5.74, 6) is 2.82. The van der Waals surface area contributed by atoms with Crippen LogP contribution in [0.4, 0.5) is 0 Å². The standard InChI is InChI=1S/C23H22O2/c1-4-16-6-7-18-13-19(22-12-5-15(2)25-22)14-21(18)23(16)17-8-10-20(24-3)11-9-17/h5-12,14H,4,13H2,1-3H3. The van der Waals surface area contributed by atoms with Crippen LogP contribution in [-0.4, -0.2) is 7.11 Å². The molecule has 126 valence electrons. The second kappa shape index (κ2) is 6.29. The number of fused-ring (bicyclic) bond motifs is 1. The first kappa shape index (κ1) is 15.8. The Morgan fingerprint density at radius 1 is 1.00 bits per heavy atom. The fraction of sp³-hybridized carbons (Fsp3) is 0.217. The highest BCUT2D eigenvalue weighted by Crippen LogP contribution is 2.40. The van der Waals surface area contributed by atoms with E-state index in [-0.39, 0.29) is 0 Å². The summed E-state index contributed by atoms with van der Waals surface area (Å²) in [4.78, 5) is 0. The van der Waals surface area contributed by atoms with E-state index in [9.17, 15) is 0 Å². The summed E-state index contributed by atoms with van der Waals surface area (Å²) in [6, 6.07) is 17.0. The third kappa shape index (κ3) is 2.78. The van der Waals surface area contributed by atoms with Crippen molar-refractivity contribution in [1.29, 1.82) is 0 Å². The molecule has 2 nitrogen and oxygen atoms in total. The molecule has 0 amide bonds. The number of hydrogen-bond donors (Lipinski definition) is 0. The molecule has 1 aliphatic carbocycles. The number of allylic oxidation sites excluding steroid dienone is 1. The molecular formula is C23H22O2. The van der Waals surface area contributed by atoms with Gasteiger partial charge in [0.25, 0.3) is 0 Å². The van der Waals surface area contributed by atoms with Gasteiger partial charge in [-0.25, -0.2) is 0 Å². The van der Waals surface area contributed by atoms with Crippen molar-refractivity contribution >= 4 is 11.6 Å². The molecule has 0 aliphatic heterocycles. The topological polar surface area (TPSA) is 22.4 Å². The highest BCUT2D eigenvalue weighted by atomic mass is 16.5. The SMILES string of the molecule is CCc1ccc2c(c1-c1ccc(OC)cc1)C=C(c1ccc(C)o1)C2. The zero-order valence-corrected chi connectivity index (χ0v) is 14.9. The van der Waals surface area contributed by atoms with Crippen LogP contribution >= 0.6 is 0 Å². The summed E-state index contributed by atoms with van der Waals surface area (Å²) in [6.07, 6.45) is 4.24. The van der Waals surface area contributed by atoms with Crippen molar-refractivity contribution < 1.29 is 9.15 Å². The Balaban J connectivity index is 1.84. The maximum absolute atomic E-state index is 5.85. The normalized spacial score (nSPS) is 12.8. The molecule has 0 radical (unpaired) electrons. The number of ether oxygens (including phenoxy) is 1. The predicted molar refractivity (Wildman–Crippen MR) is 103 cm³/mol. The molecule has 3 aromatic rings. The second-order valence-electron chi connectivity index (χ2n) is 6.51. The highest BCUT2D eigenvalue weighted by molar-refractivity contribution is 5.94. The van der Waals surface area contributed by atoms with Crippen LogP contribution in [0.15, 0.2) is 52.9 Å². The lowest BCUT2D eigenvalue weighted by molar-refractivity contribution is 0.415. The zero-order valence-electron chi connectivity index (χ0n) is 14.9. The number of aryl methyl sites for hydroxylation is 2. The molecule has 0 atom stereocenters. The van der Waals surface area contributed by atoms with Crippen LogP contribution in [0.5, 0.6) is 5.75 Å². The monoisotopic (exact) mass is 330 g/mol. The number of rotatable bonds is 4. The predicted octanol–water partition coefficient (Wildman–Crippen LogP) is 5.92. The first-order valence-electron chi connectivity index (χ1n) is 8.76. The van der Waals surface area contributed by atoms with Crippen LogP contribution in [0, 0.1) is 6.92 Å². The second-order valence-corrected chi connectivity index (χ2v) is 6.51. The fourth-order valence-electron chi connectivity index (χ4n) is 3.62. The molecule has 0 unspecified atom stereocenters. The molecule has 2 aromatic carbocycles. The van der Waals surface area contributed by atoms with E-state index in [0.29, 0.717) is 0 Å². The van der Waals surface area contributed by atoms with Crippen molar-refractivity contribution in [3.63, 3.8) is 0 Å². The lowest BCUT2D eigenvalue weighted by atomic mass is 9.91. The molecular weight excluding hydrogens is 308 g/mol. The van der Waals surface area contributed by atoms with Gasteiger partial charge in [0, 0.05) is 6.42 Å². The van der Waals surface area contributed by atoms with Crippen molar-refractivity contribution in [2.75, 3.05) is 7.11 Å². The third-order valence-electron chi connectivity index (χ3n) is 4.94. The van der Waals surface area contributed by atoms with E-state index in [0.717, 1.165) is 30.1 Å². The molecule has 0 N–H and O–H groups in total. The van der Waals surface area contributed by atoms with Gasteiger partial charge in [0.05, 0.1) is 7.11 Å². The Hall–Kier alpha value is -2.74. The van der Waals surface area contributed by atoms with E-state index in [1.54, 1.807) is 7.11 Å². The van der Waals surface area contributed by atoms with E-state index in [2.05, 4.69) is 43.3 Å². The Morgan fingerprint density at radius 3 is 2.44 bits per heavy atom. The fourth-order valence-corrected chi connectivity index (χ4v) is 3.62. The molecule has 1 heterocycles. The molecule has 0 bridgehead atoms. The third-order valence-corrected chi connectivity index (χ3v) is 4.94. The molecule has 0 spiro atoms. The average molecular weight is 330 g/mol. The molecule has 0 saturated carbocycles. The van der Waals surface area contributed by atoms with Crippen molar-refractivity contribution in [2.24, 2.45) is 0 Å². The Bertz CT molecular complexity index is 943. The van der Waals surface area contributed by atoms with E-state index in [1.807, 2.05) is 25.1 Å². The maximum atomic E-state index is 5.85. The number of hydrogen-bond acceptors (Lipinski definition) is 2. The highest BCUT2D eigenvalue weighted by Gasteiger charge is 2.21.